The third kappa shape index (κ3) is 4.02. The number of nitrogens with zero attached hydrogens (tertiary/aromatic N) is 1. The zero-order valence-corrected chi connectivity index (χ0v) is 12.5. The van der Waals surface area contributed by atoms with Crippen LogP contribution in [0.25, 0.3) is 0 Å². The quantitative estimate of drug-likeness (QED) is 0.887. The number of aryl methyl sites for hydroxylation is 1. The van der Waals surface area contributed by atoms with E-state index in [-0.39, 0.29) is 11.9 Å². The summed E-state index contributed by atoms with van der Waals surface area (Å²) in [7, 11) is 0. The molecule has 0 aliphatic rings. The number of rotatable bonds is 6. The molecule has 0 amide bonds. The summed E-state index contributed by atoms with van der Waals surface area (Å²) in [5, 5.41) is 2.98. The van der Waals surface area contributed by atoms with Gasteiger partial charge in [0.2, 0.25) is 0 Å². The number of benzene rings is 1. The molecule has 5 heteroatoms. The van der Waals surface area contributed by atoms with Crippen molar-refractivity contribution in [3.63, 3.8) is 0 Å². The highest BCUT2D eigenvalue weighted by molar-refractivity contribution is 7.09. The Balaban J connectivity index is 2.09. The van der Waals surface area contributed by atoms with Gasteiger partial charge >= 0.3 is 0 Å². The number of nitrogens with two attached hydrogens (primary N) is 1. The second-order valence-electron chi connectivity index (χ2n) is 4.77. The van der Waals surface area contributed by atoms with Crippen molar-refractivity contribution in [3.05, 3.63) is 45.7 Å². The van der Waals surface area contributed by atoms with Crippen LogP contribution in [0.5, 0.6) is 5.75 Å². The third-order valence-corrected chi connectivity index (χ3v) is 3.89. The smallest absolute Gasteiger partial charge is 0.131 e. The Morgan fingerprint density at radius 3 is 2.90 bits per heavy atom. The first-order valence-electron chi connectivity index (χ1n) is 6.66. The molecular formula is C15H19FN2OS. The van der Waals surface area contributed by atoms with E-state index in [1.54, 1.807) is 17.4 Å². The summed E-state index contributed by atoms with van der Waals surface area (Å²) in [4.78, 5) is 4.34. The standard InChI is InChI=1S/C15H19FN2OS/c1-3-13(17)7-11-6-12(16)4-5-15(11)19-8-14-9-20-10(2)18-14/h4-6,9,13H,3,7-8,17H2,1-2H3. The van der Waals surface area contributed by atoms with E-state index in [1.165, 1.54) is 12.1 Å². The van der Waals surface area contributed by atoms with Crippen molar-refractivity contribution in [2.75, 3.05) is 0 Å². The monoisotopic (exact) mass is 294 g/mol. The molecule has 0 aliphatic heterocycles. The van der Waals surface area contributed by atoms with Crippen molar-refractivity contribution in [1.82, 2.24) is 4.98 Å². The highest BCUT2D eigenvalue weighted by Crippen LogP contribution is 2.23. The first-order valence-corrected chi connectivity index (χ1v) is 7.54. The second-order valence-corrected chi connectivity index (χ2v) is 5.83. The normalized spacial score (nSPS) is 12.4. The highest BCUT2D eigenvalue weighted by Gasteiger charge is 2.10. The fourth-order valence-corrected chi connectivity index (χ4v) is 2.50. The van der Waals surface area contributed by atoms with Crippen LogP contribution in [0.1, 0.15) is 29.6 Å². The van der Waals surface area contributed by atoms with Crippen LogP contribution in [-0.4, -0.2) is 11.0 Å². The molecule has 20 heavy (non-hydrogen) atoms. The molecule has 0 bridgehead atoms. The predicted molar refractivity (Wildman–Crippen MR) is 79.6 cm³/mol. The minimum Gasteiger partial charge on any atom is -0.487 e. The van der Waals surface area contributed by atoms with Crippen LogP contribution < -0.4 is 10.5 Å². The van der Waals surface area contributed by atoms with E-state index in [4.69, 9.17) is 10.5 Å². The van der Waals surface area contributed by atoms with Crippen molar-refractivity contribution >= 4 is 11.3 Å². The lowest BCUT2D eigenvalue weighted by atomic mass is 10.0. The number of thiazole rings is 1. The zero-order valence-electron chi connectivity index (χ0n) is 11.7. The van der Waals surface area contributed by atoms with Crippen molar-refractivity contribution in [1.29, 1.82) is 0 Å². The van der Waals surface area contributed by atoms with Crippen LogP contribution in [-0.2, 0) is 13.0 Å². The fraction of sp³-hybridized carbons (Fsp3) is 0.400. The van der Waals surface area contributed by atoms with E-state index in [1.807, 2.05) is 19.2 Å². The van der Waals surface area contributed by atoms with Crippen molar-refractivity contribution < 1.29 is 9.13 Å². The molecule has 0 spiro atoms. The topological polar surface area (TPSA) is 48.1 Å². The molecule has 108 valence electrons. The zero-order chi connectivity index (χ0) is 14.5. The fourth-order valence-electron chi connectivity index (χ4n) is 1.90. The lowest BCUT2D eigenvalue weighted by Crippen LogP contribution is -2.21. The lowest BCUT2D eigenvalue weighted by molar-refractivity contribution is 0.297. The molecule has 0 radical (unpaired) electrons. The molecule has 1 heterocycles. The molecule has 2 N–H and O–H groups in total. The minimum atomic E-state index is -0.264. The average molecular weight is 294 g/mol. The Kier molecular flexibility index (Phi) is 5.09. The molecule has 1 aromatic heterocycles. The van der Waals surface area contributed by atoms with Gasteiger partial charge in [-0.25, -0.2) is 9.37 Å². The summed E-state index contributed by atoms with van der Waals surface area (Å²) in [6.07, 6.45) is 1.46. The first-order chi connectivity index (χ1) is 9.58. The van der Waals surface area contributed by atoms with Crippen molar-refractivity contribution in [3.8, 4) is 5.75 Å². The van der Waals surface area contributed by atoms with Crippen LogP contribution in [0, 0.1) is 12.7 Å². The molecule has 0 aliphatic carbocycles. The van der Waals surface area contributed by atoms with Crippen LogP contribution in [0.2, 0.25) is 0 Å². The predicted octanol–water partition coefficient (Wildman–Crippen LogP) is 3.45. The number of halogens is 1. The van der Waals surface area contributed by atoms with Gasteiger partial charge in [0.25, 0.3) is 0 Å². The first kappa shape index (κ1) is 14.9. The van der Waals surface area contributed by atoms with Gasteiger partial charge in [-0.3, -0.25) is 0 Å². The Morgan fingerprint density at radius 1 is 1.45 bits per heavy atom. The maximum absolute atomic E-state index is 13.4. The van der Waals surface area contributed by atoms with E-state index in [0.717, 1.165) is 22.7 Å². The van der Waals surface area contributed by atoms with Gasteiger partial charge in [-0.2, -0.15) is 0 Å². The molecule has 1 atom stereocenters. The van der Waals surface area contributed by atoms with Gasteiger partial charge in [-0.15, -0.1) is 11.3 Å². The summed E-state index contributed by atoms with van der Waals surface area (Å²) in [6.45, 7) is 4.37. The summed E-state index contributed by atoms with van der Waals surface area (Å²) in [6, 6.07) is 4.58. The maximum atomic E-state index is 13.4. The van der Waals surface area contributed by atoms with Crippen molar-refractivity contribution in [2.24, 2.45) is 5.73 Å². The number of aromatic nitrogens is 1. The summed E-state index contributed by atoms with van der Waals surface area (Å²) >= 11 is 1.59. The van der Waals surface area contributed by atoms with Gasteiger partial charge in [-0.05, 0) is 43.5 Å². The molecule has 3 nitrogen and oxygen atoms in total. The summed E-state index contributed by atoms with van der Waals surface area (Å²) in [5.74, 6) is 0.418. The van der Waals surface area contributed by atoms with Gasteiger partial charge < -0.3 is 10.5 Å². The molecular weight excluding hydrogens is 275 g/mol. The summed E-state index contributed by atoms with van der Waals surface area (Å²) < 4.78 is 19.1. The average Bonchev–Trinajstić information content (AvgIpc) is 2.83. The molecule has 2 aromatic rings. The summed E-state index contributed by atoms with van der Waals surface area (Å²) in [5.41, 5.74) is 7.65. The molecule has 2 rings (SSSR count). The number of ether oxygens (including phenoxy) is 1. The second kappa shape index (κ2) is 6.81. The molecule has 1 unspecified atom stereocenters. The van der Waals surface area contributed by atoms with Crippen LogP contribution in [0.4, 0.5) is 4.39 Å². The molecule has 0 saturated carbocycles. The van der Waals surface area contributed by atoms with E-state index in [2.05, 4.69) is 4.98 Å². The Morgan fingerprint density at radius 2 is 2.25 bits per heavy atom. The van der Waals surface area contributed by atoms with Crippen LogP contribution in [0.3, 0.4) is 0 Å². The molecule has 0 fully saturated rings. The lowest BCUT2D eigenvalue weighted by Gasteiger charge is -2.14. The van der Waals surface area contributed by atoms with Gasteiger partial charge in [0.15, 0.2) is 0 Å². The van der Waals surface area contributed by atoms with Gasteiger partial charge in [-0.1, -0.05) is 6.92 Å². The molecule has 1 aromatic carbocycles. The Bertz CT molecular complexity index is 571. The van der Waals surface area contributed by atoms with Gasteiger partial charge in [0.05, 0.1) is 10.7 Å². The minimum absolute atomic E-state index is 0.0145. The Labute approximate surface area is 122 Å². The Hall–Kier alpha value is -1.46. The van der Waals surface area contributed by atoms with Gasteiger partial charge in [0, 0.05) is 11.4 Å². The van der Waals surface area contributed by atoms with Crippen molar-refractivity contribution in [2.45, 2.75) is 39.3 Å². The van der Waals surface area contributed by atoms with Gasteiger partial charge in [0.1, 0.15) is 18.2 Å². The van der Waals surface area contributed by atoms with Crippen LogP contribution >= 0.6 is 11.3 Å². The van der Waals surface area contributed by atoms with E-state index >= 15 is 0 Å². The van der Waals surface area contributed by atoms with E-state index < -0.39 is 0 Å². The SMILES string of the molecule is CCC(N)Cc1cc(F)ccc1OCc1csc(C)n1. The largest absolute Gasteiger partial charge is 0.487 e. The maximum Gasteiger partial charge on any atom is 0.131 e. The number of hydrogen-bond acceptors (Lipinski definition) is 4. The van der Waals surface area contributed by atoms with E-state index in [9.17, 15) is 4.39 Å². The van der Waals surface area contributed by atoms with Crippen LogP contribution in [0.15, 0.2) is 23.6 Å². The number of hydrogen-bond donors (Lipinski definition) is 1. The third-order valence-electron chi connectivity index (χ3n) is 3.07. The van der Waals surface area contributed by atoms with E-state index in [0.29, 0.717) is 18.8 Å². The molecule has 0 saturated heterocycles. The highest BCUT2D eigenvalue weighted by atomic mass is 32.1.